The van der Waals surface area contributed by atoms with Gasteiger partial charge >= 0.3 is 0 Å². The highest BCUT2D eigenvalue weighted by Crippen LogP contribution is 2.09. The Hall–Kier alpha value is -1.82. The Labute approximate surface area is 139 Å². The molecule has 1 aromatic rings. The summed E-state index contributed by atoms with van der Waals surface area (Å²) in [6, 6.07) is 3.83. The van der Waals surface area contributed by atoms with E-state index in [1.807, 2.05) is 19.1 Å². The molecular weight excluding hydrogens is 292 g/mol. The molecule has 1 rings (SSSR count). The monoisotopic (exact) mass is 322 g/mol. The first-order valence-electron chi connectivity index (χ1n) is 8.24. The van der Waals surface area contributed by atoms with Gasteiger partial charge in [-0.3, -0.25) is 0 Å². The van der Waals surface area contributed by atoms with Crippen LogP contribution in [0.1, 0.15) is 32.8 Å². The average Bonchev–Trinajstić information content (AvgIpc) is 2.55. The summed E-state index contributed by atoms with van der Waals surface area (Å²) in [5, 5.41) is 6.50. The minimum Gasteiger partial charge on any atom is -0.481 e. The zero-order chi connectivity index (χ0) is 16.9. The molecule has 23 heavy (non-hydrogen) atoms. The number of pyridine rings is 1. The smallest absolute Gasteiger partial charge is 0.213 e. The van der Waals surface area contributed by atoms with E-state index in [4.69, 9.17) is 9.47 Å². The highest BCUT2D eigenvalue weighted by Gasteiger charge is 2.00. The molecule has 0 aromatic carbocycles. The van der Waals surface area contributed by atoms with E-state index in [0.717, 1.165) is 37.6 Å². The first-order chi connectivity index (χ1) is 11.2. The van der Waals surface area contributed by atoms with Gasteiger partial charge in [0.15, 0.2) is 5.96 Å². The van der Waals surface area contributed by atoms with Gasteiger partial charge in [0, 0.05) is 32.0 Å². The van der Waals surface area contributed by atoms with Crippen LogP contribution >= 0.6 is 0 Å². The largest absolute Gasteiger partial charge is 0.481 e. The number of nitrogens with zero attached hydrogens (tertiary/aromatic N) is 2. The van der Waals surface area contributed by atoms with Crippen LogP contribution in [0.4, 0.5) is 0 Å². The lowest BCUT2D eigenvalue weighted by atomic mass is 10.1. The fourth-order valence-corrected chi connectivity index (χ4v) is 1.84. The van der Waals surface area contributed by atoms with Gasteiger partial charge in [-0.1, -0.05) is 13.8 Å². The van der Waals surface area contributed by atoms with Gasteiger partial charge < -0.3 is 20.1 Å². The van der Waals surface area contributed by atoms with Crippen LogP contribution in [0.2, 0.25) is 0 Å². The molecule has 0 radical (unpaired) electrons. The quantitative estimate of drug-likeness (QED) is 0.393. The molecule has 0 bridgehead atoms. The van der Waals surface area contributed by atoms with Gasteiger partial charge in [-0.15, -0.1) is 0 Å². The van der Waals surface area contributed by atoms with Crippen LogP contribution < -0.4 is 15.4 Å². The normalized spacial score (nSPS) is 11.6. The third-order valence-corrected chi connectivity index (χ3v) is 3.15. The summed E-state index contributed by atoms with van der Waals surface area (Å²) >= 11 is 0. The van der Waals surface area contributed by atoms with Gasteiger partial charge in [-0.25, -0.2) is 9.98 Å². The Balaban J connectivity index is 2.37. The van der Waals surface area contributed by atoms with Crippen molar-refractivity contribution in [2.75, 3.05) is 33.4 Å². The molecule has 0 saturated carbocycles. The van der Waals surface area contributed by atoms with Crippen LogP contribution in [0.5, 0.6) is 5.88 Å². The fraction of sp³-hybridized carbons (Fsp3) is 0.647. The SMILES string of the molecule is CCNC(=NCc1ccnc(OC)c1)NCCOCCC(C)C. The number of hydrogen-bond donors (Lipinski definition) is 2. The summed E-state index contributed by atoms with van der Waals surface area (Å²) in [7, 11) is 1.61. The molecule has 1 aromatic heterocycles. The number of hydrogen-bond acceptors (Lipinski definition) is 4. The van der Waals surface area contributed by atoms with Gasteiger partial charge in [0.25, 0.3) is 0 Å². The summed E-state index contributed by atoms with van der Waals surface area (Å²) in [5.74, 6) is 2.07. The third kappa shape index (κ3) is 9.03. The van der Waals surface area contributed by atoms with E-state index in [2.05, 4.69) is 34.5 Å². The van der Waals surface area contributed by atoms with Crippen molar-refractivity contribution in [1.82, 2.24) is 15.6 Å². The van der Waals surface area contributed by atoms with Crippen LogP contribution in [-0.2, 0) is 11.3 Å². The molecule has 0 spiro atoms. The van der Waals surface area contributed by atoms with Gasteiger partial charge in [0.05, 0.1) is 20.3 Å². The van der Waals surface area contributed by atoms with E-state index in [1.54, 1.807) is 13.3 Å². The van der Waals surface area contributed by atoms with E-state index in [1.165, 1.54) is 0 Å². The molecule has 0 fully saturated rings. The number of guanidine groups is 1. The molecule has 6 nitrogen and oxygen atoms in total. The molecule has 0 amide bonds. The van der Waals surface area contributed by atoms with E-state index in [0.29, 0.717) is 24.9 Å². The predicted octanol–water partition coefficient (Wildman–Crippen LogP) is 2.21. The second kappa shape index (κ2) is 11.7. The number of methoxy groups -OCH3 is 1. The van der Waals surface area contributed by atoms with Crippen molar-refractivity contribution in [3.05, 3.63) is 23.9 Å². The van der Waals surface area contributed by atoms with Gasteiger partial charge in [-0.05, 0) is 30.9 Å². The van der Waals surface area contributed by atoms with Crippen LogP contribution in [0.15, 0.2) is 23.3 Å². The average molecular weight is 322 g/mol. The topological polar surface area (TPSA) is 67.8 Å². The zero-order valence-electron chi connectivity index (χ0n) is 14.8. The molecule has 1 heterocycles. The maximum absolute atomic E-state index is 5.60. The third-order valence-electron chi connectivity index (χ3n) is 3.15. The Bertz CT molecular complexity index is 464. The number of rotatable bonds is 10. The van der Waals surface area contributed by atoms with Crippen molar-refractivity contribution >= 4 is 5.96 Å². The van der Waals surface area contributed by atoms with Gasteiger partial charge in [-0.2, -0.15) is 0 Å². The number of ether oxygens (including phenoxy) is 2. The number of aromatic nitrogens is 1. The van der Waals surface area contributed by atoms with E-state index >= 15 is 0 Å². The van der Waals surface area contributed by atoms with Crippen molar-refractivity contribution < 1.29 is 9.47 Å². The van der Waals surface area contributed by atoms with Crippen LogP contribution in [0.25, 0.3) is 0 Å². The standard InChI is InChI=1S/C17H30N4O2/c1-5-18-17(20-9-11-23-10-7-14(2)3)21-13-15-6-8-19-16(12-15)22-4/h6,8,12,14H,5,7,9-11,13H2,1-4H3,(H2,18,20,21). The Morgan fingerprint density at radius 1 is 1.30 bits per heavy atom. The molecule has 0 aliphatic rings. The molecular formula is C17H30N4O2. The van der Waals surface area contributed by atoms with Gasteiger partial charge in [0.2, 0.25) is 5.88 Å². The predicted molar refractivity (Wildman–Crippen MR) is 93.9 cm³/mol. The van der Waals surface area contributed by atoms with Crippen LogP contribution in [0, 0.1) is 5.92 Å². The van der Waals surface area contributed by atoms with Crippen LogP contribution in [0.3, 0.4) is 0 Å². The summed E-state index contributed by atoms with van der Waals surface area (Å²) in [5.41, 5.74) is 1.06. The summed E-state index contributed by atoms with van der Waals surface area (Å²) < 4.78 is 10.7. The van der Waals surface area contributed by atoms with Crippen molar-refractivity contribution in [2.24, 2.45) is 10.9 Å². The fourth-order valence-electron chi connectivity index (χ4n) is 1.84. The maximum Gasteiger partial charge on any atom is 0.213 e. The van der Waals surface area contributed by atoms with E-state index in [9.17, 15) is 0 Å². The summed E-state index contributed by atoms with van der Waals surface area (Å²) in [4.78, 5) is 8.65. The Kier molecular flexibility index (Phi) is 9.79. The van der Waals surface area contributed by atoms with Crippen molar-refractivity contribution in [2.45, 2.75) is 33.7 Å². The number of nitrogens with one attached hydrogen (secondary N) is 2. The summed E-state index contributed by atoms with van der Waals surface area (Å²) in [6.45, 7) is 10.1. The Morgan fingerprint density at radius 2 is 2.13 bits per heavy atom. The second-order valence-corrected chi connectivity index (χ2v) is 5.62. The molecule has 2 N–H and O–H groups in total. The van der Waals surface area contributed by atoms with Crippen molar-refractivity contribution in [3.8, 4) is 5.88 Å². The van der Waals surface area contributed by atoms with Crippen molar-refractivity contribution in [1.29, 1.82) is 0 Å². The van der Waals surface area contributed by atoms with Crippen LogP contribution in [-0.4, -0.2) is 44.4 Å². The molecule has 6 heteroatoms. The lowest BCUT2D eigenvalue weighted by molar-refractivity contribution is 0.128. The van der Waals surface area contributed by atoms with Crippen molar-refractivity contribution in [3.63, 3.8) is 0 Å². The van der Waals surface area contributed by atoms with E-state index < -0.39 is 0 Å². The first-order valence-corrected chi connectivity index (χ1v) is 8.24. The molecule has 0 atom stereocenters. The number of aliphatic imine (C=N–C) groups is 1. The van der Waals surface area contributed by atoms with Gasteiger partial charge in [0.1, 0.15) is 0 Å². The zero-order valence-corrected chi connectivity index (χ0v) is 14.8. The second-order valence-electron chi connectivity index (χ2n) is 5.62. The Morgan fingerprint density at radius 3 is 2.83 bits per heavy atom. The maximum atomic E-state index is 5.60. The highest BCUT2D eigenvalue weighted by molar-refractivity contribution is 5.79. The minimum atomic E-state index is 0.572. The minimum absolute atomic E-state index is 0.572. The first kappa shape index (κ1) is 19.2. The molecule has 0 saturated heterocycles. The van der Waals surface area contributed by atoms with E-state index in [-0.39, 0.29) is 0 Å². The molecule has 0 aliphatic heterocycles. The highest BCUT2D eigenvalue weighted by atomic mass is 16.5. The molecule has 0 aliphatic carbocycles. The lowest BCUT2D eigenvalue weighted by Gasteiger charge is -2.12. The molecule has 130 valence electrons. The molecule has 0 unspecified atom stereocenters. The lowest BCUT2D eigenvalue weighted by Crippen LogP contribution is -2.39. The summed E-state index contributed by atoms with van der Waals surface area (Å²) in [6.07, 6.45) is 2.82.